The second-order valence-electron chi connectivity index (χ2n) is 5.96. The van der Waals surface area contributed by atoms with E-state index in [9.17, 15) is 5.11 Å². The molecule has 2 aromatic carbocycles. The van der Waals surface area contributed by atoms with Crippen molar-refractivity contribution in [1.29, 1.82) is 0 Å². The zero-order valence-corrected chi connectivity index (χ0v) is 13.4. The third-order valence-corrected chi connectivity index (χ3v) is 4.21. The normalized spacial score (nSPS) is 11.3. The molecule has 0 atom stereocenters. The maximum Gasteiger partial charge on any atom is 0.141 e. The van der Waals surface area contributed by atoms with Gasteiger partial charge in [0, 0.05) is 18.7 Å². The fourth-order valence-corrected chi connectivity index (χ4v) is 2.76. The zero-order chi connectivity index (χ0) is 15.7. The Labute approximate surface area is 131 Å². The number of fused-ring (bicyclic) bond motifs is 1. The topological polar surface area (TPSA) is 38.0 Å². The van der Waals surface area contributed by atoms with Crippen molar-refractivity contribution in [3.63, 3.8) is 0 Å². The summed E-state index contributed by atoms with van der Waals surface area (Å²) in [5.41, 5.74) is 7.06. The lowest BCUT2D eigenvalue weighted by Crippen LogP contribution is -2.02. The van der Waals surface area contributed by atoms with Gasteiger partial charge in [0.2, 0.25) is 0 Å². The van der Waals surface area contributed by atoms with Crippen LogP contribution in [0.2, 0.25) is 0 Å². The van der Waals surface area contributed by atoms with E-state index in [0.717, 1.165) is 35.4 Å². The average Bonchev–Trinajstić information content (AvgIpc) is 2.84. The molecule has 0 spiro atoms. The van der Waals surface area contributed by atoms with Crippen LogP contribution in [0.15, 0.2) is 36.4 Å². The number of benzene rings is 2. The molecule has 22 heavy (non-hydrogen) atoms. The van der Waals surface area contributed by atoms with Crippen molar-refractivity contribution in [3.8, 4) is 11.4 Å². The van der Waals surface area contributed by atoms with E-state index in [4.69, 9.17) is 4.98 Å². The van der Waals surface area contributed by atoms with Crippen molar-refractivity contribution < 1.29 is 5.11 Å². The highest BCUT2D eigenvalue weighted by molar-refractivity contribution is 5.82. The highest BCUT2D eigenvalue weighted by atomic mass is 16.3. The van der Waals surface area contributed by atoms with Gasteiger partial charge in [-0.1, -0.05) is 29.8 Å². The predicted octanol–water partition coefficient (Wildman–Crippen LogP) is 4.01. The van der Waals surface area contributed by atoms with Crippen LogP contribution in [0.3, 0.4) is 0 Å². The van der Waals surface area contributed by atoms with Crippen LogP contribution in [-0.2, 0) is 6.54 Å². The van der Waals surface area contributed by atoms with Crippen LogP contribution in [0.1, 0.15) is 23.1 Å². The number of hydrogen-bond acceptors (Lipinski definition) is 2. The lowest BCUT2D eigenvalue weighted by atomic mass is 10.1. The summed E-state index contributed by atoms with van der Waals surface area (Å²) in [7, 11) is 0. The number of aliphatic hydroxyl groups excluding tert-OH is 1. The van der Waals surface area contributed by atoms with Gasteiger partial charge in [-0.25, -0.2) is 4.98 Å². The van der Waals surface area contributed by atoms with Crippen LogP contribution < -0.4 is 0 Å². The monoisotopic (exact) mass is 294 g/mol. The molecule has 0 saturated carbocycles. The molecule has 1 N–H and O–H groups in total. The van der Waals surface area contributed by atoms with E-state index in [1.807, 2.05) is 0 Å². The van der Waals surface area contributed by atoms with Gasteiger partial charge >= 0.3 is 0 Å². The van der Waals surface area contributed by atoms with Crippen LogP contribution in [-0.4, -0.2) is 21.3 Å². The van der Waals surface area contributed by atoms with E-state index in [0.29, 0.717) is 0 Å². The molecular formula is C19H22N2O. The summed E-state index contributed by atoms with van der Waals surface area (Å²) in [5.74, 6) is 0.980. The van der Waals surface area contributed by atoms with Gasteiger partial charge in [0.15, 0.2) is 0 Å². The fourth-order valence-electron chi connectivity index (χ4n) is 2.76. The highest BCUT2D eigenvalue weighted by Crippen LogP contribution is 2.27. The van der Waals surface area contributed by atoms with Gasteiger partial charge in [-0.15, -0.1) is 0 Å². The molecule has 0 aliphatic heterocycles. The average molecular weight is 294 g/mol. The third kappa shape index (κ3) is 2.64. The number of nitrogens with zero attached hydrogens (tertiary/aromatic N) is 2. The number of aromatic nitrogens is 2. The Morgan fingerprint density at radius 1 is 1.00 bits per heavy atom. The summed E-state index contributed by atoms with van der Waals surface area (Å²) < 4.78 is 2.22. The van der Waals surface area contributed by atoms with Gasteiger partial charge < -0.3 is 9.67 Å². The van der Waals surface area contributed by atoms with Crippen molar-refractivity contribution in [2.45, 2.75) is 33.7 Å². The maximum atomic E-state index is 9.20. The van der Waals surface area contributed by atoms with Gasteiger partial charge in [0.05, 0.1) is 11.0 Å². The fraction of sp³-hybridized carbons (Fsp3) is 0.316. The first kappa shape index (κ1) is 14.8. The molecule has 0 saturated heterocycles. The molecule has 3 nitrogen and oxygen atoms in total. The Hall–Kier alpha value is -2.13. The number of aliphatic hydroxyl groups is 1. The SMILES string of the molecule is Cc1ccc(-c2nc3cc(C)c(C)cc3n2CCCO)cc1. The van der Waals surface area contributed by atoms with E-state index < -0.39 is 0 Å². The molecular weight excluding hydrogens is 272 g/mol. The van der Waals surface area contributed by atoms with Crippen molar-refractivity contribution in [1.82, 2.24) is 9.55 Å². The van der Waals surface area contributed by atoms with Crippen LogP contribution in [0, 0.1) is 20.8 Å². The summed E-state index contributed by atoms with van der Waals surface area (Å²) >= 11 is 0. The quantitative estimate of drug-likeness (QED) is 0.789. The standard InChI is InChI=1S/C19H22N2O/c1-13-5-7-16(8-6-13)19-20-17-11-14(2)15(3)12-18(17)21(19)9-4-10-22/h5-8,11-12,22H,4,9-10H2,1-3H3. The molecule has 0 aliphatic rings. The summed E-state index contributed by atoms with van der Waals surface area (Å²) in [6.07, 6.45) is 0.733. The van der Waals surface area contributed by atoms with E-state index in [1.54, 1.807) is 0 Å². The molecule has 3 aromatic rings. The molecule has 1 heterocycles. The van der Waals surface area contributed by atoms with Crippen LogP contribution >= 0.6 is 0 Å². The lowest BCUT2D eigenvalue weighted by Gasteiger charge is -2.09. The molecule has 0 fully saturated rings. The molecule has 3 rings (SSSR count). The summed E-state index contributed by atoms with van der Waals surface area (Å²) in [5, 5.41) is 9.20. The number of aryl methyl sites for hydroxylation is 4. The molecule has 0 radical (unpaired) electrons. The van der Waals surface area contributed by atoms with E-state index in [-0.39, 0.29) is 6.61 Å². The third-order valence-electron chi connectivity index (χ3n) is 4.21. The summed E-state index contributed by atoms with van der Waals surface area (Å²) in [4.78, 5) is 4.85. The molecule has 0 unspecified atom stereocenters. The van der Waals surface area contributed by atoms with Crippen molar-refractivity contribution in [3.05, 3.63) is 53.1 Å². The number of hydrogen-bond donors (Lipinski definition) is 1. The molecule has 3 heteroatoms. The van der Waals surface area contributed by atoms with Gasteiger partial charge in [-0.2, -0.15) is 0 Å². The van der Waals surface area contributed by atoms with Gasteiger partial charge in [-0.3, -0.25) is 0 Å². The first-order valence-corrected chi connectivity index (χ1v) is 7.75. The van der Waals surface area contributed by atoms with Crippen LogP contribution in [0.5, 0.6) is 0 Å². The van der Waals surface area contributed by atoms with Crippen molar-refractivity contribution >= 4 is 11.0 Å². The first-order chi connectivity index (χ1) is 10.6. The van der Waals surface area contributed by atoms with Gasteiger partial charge in [0.1, 0.15) is 5.82 Å². The highest BCUT2D eigenvalue weighted by Gasteiger charge is 2.13. The van der Waals surface area contributed by atoms with E-state index >= 15 is 0 Å². The van der Waals surface area contributed by atoms with E-state index in [2.05, 4.69) is 61.7 Å². The van der Waals surface area contributed by atoms with Gasteiger partial charge in [0.25, 0.3) is 0 Å². The summed E-state index contributed by atoms with van der Waals surface area (Å²) in [6, 6.07) is 12.8. The Morgan fingerprint density at radius 2 is 1.68 bits per heavy atom. The molecule has 0 aliphatic carbocycles. The maximum absolute atomic E-state index is 9.20. The lowest BCUT2D eigenvalue weighted by molar-refractivity contribution is 0.281. The van der Waals surface area contributed by atoms with Crippen molar-refractivity contribution in [2.75, 3.05) is 6.61 Å². The molecule has 1 aromatic heterocycles. The predicted molar refractivity (Wildman–Crippen MR) is 91.1 cm³/mol. The minimum absolute atomic E-state index is 0.192. The first-order valence-electron chi connectivity index (χ1n) is 7.75. The van der Waals surface area contributed by atoms with Crippen molar-refractivity contribution in [2.24, 2.45) is 0 Å². The Bertz CT molecular complexity index is 800. The molecule has 0 amide bonds. The smallest absolute Gasteiger partial charge is 0.141 e. The Balaban J connectivity index is 2.21. The summed E-state index contributed by atoms with van der Waals surface area (Å²) in [6.45, 7) is 7.30. The van der Waals surface area contributed by atoms with Crippen LogP contribution in [0.25, 0.3) is 22.4 Å². The minimum Gasteiger partial charge on any atom is -0.396 e. The second kappa shape index (κ2) is 5.93. The number of imidazole rings is 1. The largest absolute Gasteiger partial charge is 0.396 e. The molecule has 114 valence electrons. The van der Waals surface area contributed by atoms with E-state index in [1.165, 1.54) is 16.7 Å². The second-order valence-corrected chi connectivity index (χ2v) is 5.96. The Morgan fingerprint density at radius 3 is 2.36 bits per heavy atom. The van der Waals surface area contributed by atoms with Gasteiger partial charge in [-0.05, 0) is 50.5 Å². The minimum atomic E-state index is 0.192. The number of rotatable bonds is 4. The Kier molecular flexibility index (Phi) is 3.99. The zero-order valence-electron chi connectivity index (χ0n) is 13.4. The molecule has 0 bridgehead atoms. The van der Waals surface area contributed by atoms with Crippen LogP contribution in [0.4, 0.5) is 0 Å².